The number of nitrogens with zero attached hydrogens (tertiary/aromatic N) is 2. The second-order valence-corrected chi connectivity index (χ2v) is 11.0. The standard InChI is InChI=1S/C24H26FN3O3S2/c1-18-4-10-21(11-5-18)33(30,31)28-14-12-27(13-15-28)17-23(29)26-24(22-3-2-16-32-22)19-6-8-20(25)9-7-19/h2-11,16,24H,12-15,17H2,1H3,(H,26,29). The fraction of sp³-hybridized carbons (Fsp3) is 0.292. The van der Waals surface area contributed by atoms with Crippen molar-refractivity contribution in [2.45, 2.75) is 17.9 Å². The Kier molecular flexibility index (Phi) is 7.23. The lowest BCUT2D eigenvalue weighted by Gasteiger charge is -2.33. The summed E-state index contributed by atoms with van der Waals surface area (Å²) in [5.41, 5.74) is 1.81. The lowest BCUT2D eigenvalue weighted by atomic mass is 10.1. The summed E-state index contributed by atoms with van der Waals surface area (Å²) in [7, 11) is -3.54. The van der Waals surface area contributed by atoms with Crippen molar-refractivity contribution in [1.29, 1.82) is 0 Å². The average Bonchev–Trinajstić information content (AvgIpc) is 3.33. The van der Waals surface area contributed by atoms with E-state index in [1.807, 2.05) is 29.3 Å². The molecule has 4 rings (SSSR count). The van der Waals surface area contributed by atoms with Crippen molar-refractivity contribution in [3.8, 4) is 0 Å². The largest absolute Gasteiger partial charge is 0.343 e. The first-order chi connectivity index (χ1) is 15.8. The second-order valence-electron chi connectivity index (χ2n) is 8.06. The maximum atomic E-state index is 13.4. The Morgan fingerprint density at radius 2 is 1.70 bits per heavy atom. The van der Waals surface area contributed by atoms with Gasteiger partial charge in [-0.15, -0.1) is 11.3 Å². The van der Waals surface area contributed by atoms with Crippen LogP contribution in [0.2, 0.25) is 0 Å². The van der Waals surface area contributed by atoms with Crippen LogP contribution in [0.25, 0.3) is 0 Å². The van der Waals surface area contributed by atoms with Crippen molar-refractivity contribution in [2.24, 2.45) is 0 Å². The Morgan fingerprint density at radius 3 is 2.30 bits per heavy atom. The first-order valence-electron chi connectivity index (χ1n) is 10.7. The molecule has 0 saturated carbocycles. The van der Waals surface area contributed by atoms with Gasteiger partial charge in [0.05, 0.1) is 17.5 Å². The summed E-state index contributed by atoms with van der Waals surface area (Å²) in [5, 5.41) is 4.99. The first kappa shape index (κ1) is 23.6. The van der Waals surface area contributed by atoms with Gasteiger partial charge in [0.25, 0.3) is 0 Å². The van der Waals surface area contributed by atoms with Gasteiger partial charge in [0.2, 0.25) is 15.9 Å². The van der Waals surface area contributed by atoms with Crippen LogP contribution < -0.4 is 5.32 Å². The maximum absolute atomic E-state index is 13.4. The van der Waals surface area contributed by atoms with Crippen LogP contribution in [0.1, 0.15) is 22.0 Å². The summed E-state index contributed by atoms with van der Waals surface area (Å²) in [6, 6.07) is 16.5. The van der Waals surface area contributed by atoms with Crippen LogP contribution >= 0.6 is 11.3 Å². The summed E-state index contributed by atoms with van der Waals surface area (Å²) in [5.74, 6) is -0.485. The molecule has 1 saturated heterocycles. The number of thiophene rings is 1. The molecule has 174 valence electrons. The zero-order chi connectivity index (χ0) is 23.4. The summed E-state index contributed by atoms with van der Waals surface area (Å²) >= 11 is 1.52. The molecular formula is C24H26FN3O3S2. The third-order valence-electron chi connectivity index (χ3n) is 5.69. The van der Waals surface area contributed by atoms with Crippen molar-refractivity contribution in [3.63, 3.8) is 0 Å². The number of aryl methyl sites for hydroxylation is 1. The van der Waals surface area contributed by atoms with E-state index in [0.29, 0.717) is 26.2 Å². The van der Waals surface area contributed by atoms with E-state index in [9.17, 15) is 17.6 Å². The van der Waals surface area contributed by atoms with E-state index < -0.39 is 10.0 Å². The second kappa shape index (κ2) is 10.1. The fourth-order valence-corrected chi connectivity index (χ4v) is 6.05. The summed E-state index contributed by atoms with van der Waals surface area (Å²) < 4.78 is 40.6. The Labute approximate surface area is 197 Å². The number of amides is 1. The quantitative estimate of drug-likeness (QED) is 0.555. The average molecular weight is 488 g/mol. The Hall–Kier alpha value is -2.59. The molecule has 1 aromatic heterocycles. The molecule has 2 heterocycles. The predicted molar refractivity (Wildman–Crippen MR) is 127 cm³/mol. The van der Waals surface area contributed by atoms with E-state index in [1.165, 1.54) is 27.8 Å². The number of benzene rings is 2. The molecule has 1 amide bonds. The molecule has 1 atom stereocenters. The van der Waals surface area contributed by atoms with Gasteiger partial charge in [0.15, 0.2) is 0 Å². The van der Waals surface area contributed by atoms with E-state index in [0.717, 1.165) is 16.0 Å². The highest BCUT2D eigenvalue weighted by atomic mass is 32.2. The van der Waals surface area contributed by atoms with Crippen LogP contribution in [0.5, 0.6) is 0 Å². The minimum Gasteiger partial charge on any atom is -0.343 e. The topological polar surface area (TPSA) is 69.7 Å². The van der Waals surface area contributed by atoms with Crippen molar-refractivity contribution in [3.05, 3.63) is 87.9 Å². The normalized spacial score (nSPS) is 16.4. The molecule has 1 unspecified atom stereocenters. The molecule has 33 heavy (non-hydrogen) atoms. The molecule has 2 aromatic carbocycles. The summed E-state index contributed by atoms with van der Waals surface area (Å²) in [4.78, 5) is 16.0. The van der Waals surface area contributed by atoms with Crippen LogP contribution in [0.4, 0.5) is 4.39 Å². The van der Waals surface area contributed by atoms with Crippen LogP contribution in [0.3, 0.4) is 0 Å². The molecule has 6 nitrogen and oxygen atoms in total. The number of sulfonamides is 1. The van der Waals surface area contributed by atoms with E-state index in [2.05, 4.69) is 5.32 Å². The molecule has 0 bridgehead atoms. The highest BCUT2D eigenvalue weighted by Gasteiger charge is 2.29. The van der Waals surface area contributed by atoms with Crippen molar-refractivity contribution >= 4 is 27.3 Å². The number of hydrogen-bond donors (Lipinski definition) is 1. The smallest absolute Gasteiger partial charge is 0.243 e. The molecule has 0 aliphatic carbocycles. The van der Waals surface area contributed by atoms with Crippen LogP contribution in [-0.2, 0) is 14.8 Å². The van der Waals surface area contributed by atoms with Gasteiger partial charge in [-0.2, -0.15) is 4.31 Å². The molecule has 0 spiro atoms. The van der Waals surface area contributed by atoms with Gasteiger partial charge in [0, 0.05) is 31.1 Å². The molecule has 1 fully saturated rings. The van der Waals surface area contributed by atoms with Crippen LogP contribution in [0, 0.1) is 12.7 Å². The minimum absolute atomic E-state index is 0.160. The number of hydrogen-bond acceptors (Lipinski definition) is 5. The lowest BCUT2D eigenvalue weighted by molar-refractivity contribution is -0.123. The number of carbonyl (C=O) groups is 1. The number of piperazine rings is 1. The molecule has 1 aliphatic heterocycles. The van der Waals surface area contributed by atoms with E-state index >= 15 is 0 Å². The zero-order valence-electron chi connectivity index (χ0n) is 18.3. The highest BCUT2D eigenvalue weighted by molar-refractivity contribution is 7.89. The number of carbonyl (C=O) groups excluding carboxylic acids is 1. The molecule has 0 radical (unpaired) electrons. The van der Waals surface area contributed by atoms with Gasteiger partial charge in [-0.1, -0.05) is 35.9 Å². The molecular weight excluding hydrogens is 461 g/mol. The van der Waals surface area contributed by atoms with Crippen LogP contribution in [-0.4, -0.2) is 56.3 Å². The summed E-state index contributed by atoms with van der Waals surface area (Å²) in [6.45, 7) is 3.68. The van der Waals surface area contributed by atoms with Crippen molar-refractivity contribution < 1.29 is 17.6 Å². The van der Waals surface area contributed by atoms with E-state index in [4.69, 9.17) is 0 Å². The molecule has 9 heteroatoms. The van der Waals surface area contributed by atoms with Gasteiger partial charge < -0.3 is 5.32 Å². The van der Waals surface area contributed by atoms with Gasteiger partial charge in [-0.25, -0.2) is 12.8 Å². The van der Waals surface area contributed by atoms with Crippen molar-refractivity contribution in [2.75, 3.05) is 32.7 Å². The van der Waals surface area contributed by atoms with Gasteiger partial charge in [-0.3, -0.25) is 9.69 Å². The molecule has 1 aliphatic rings. The van der Waals surface area contributed by atoms with Gasteiger partial charge in [-0.05, 0) is 48.2 Å². The van der Waals surface area contributed by atoms with Gasteiger partial charge in [0.1, 0.15) is 5.82 Å². The maximum Gasteiger partial charge on any atom is 0.243 e. The van der Waals surface area contributed by atoms with Crippen molar-refractivity contribution in [1.82, 2.24) is 14.5 Å². The summed E-state index contributed by atoms with van der Waals surface area (Å²) in [6.07, 6.45) is 0. The minimum atomic E-state index is -3.54. The molecule has 1 N–H and O–H groups in total. The van der Waals surface area contributed by atoms with E-state index in [-0.39, 0.29) is 29.2 Å². The Balaban J connectivity index is 1.36. The first-order valence-corrected chi connectivity index (χ1v) is 13.0. The number of halogens is 1. The molecule has 3 aromatic rings. The number of rotatable bonds is 7. The monoisotopic (exact) mass is 487 g/mol. The number of nitrogens with one attached hydrogen (secondary N) is 1. The lowest BCUT2D eigenvalue weighted by Crippen LogP contribution is -2.51. The van der Waals surface area contributed by atoms with E-state index in [1.54, 1.807) is 36.4 Å². The fourth-order valence-electron chi connectivity index (χ4n) is 3.83. The van der Waals surface area contributed by atoms with Crippen LogP contribution in [0.15, 0.2) is 70.9 Å². The Bertz CT molecular complexity index is 1170. The third kappa shape index (κ3) is 5.67. The highest BCUT2D eigenvalue weighted by Crippen LogP contribution is 2.26. The predicted octanol–water partition coefficient (Wildman–Crippen LogP) is 3.41. The SMILES string of the molecule is Cc1ccc(S(=O)(=O)N2CCN(CC(=O)NC(c3ccc(F)cc3)c3cccs3)CC2)cc1. The third-order valence-corrected chi connectivity index (χ3v) is 8.54. The Morgan fingerprint density at radius 1 is 1.03 bits per heavy atom. The van der Waals surface area contributed by atoms with Gasteiger partial charge >= 0.3 is 0 Å². The zero-order valence-corrected chi connectivity index (χ0v) is 19.9.